The number of pyridine rings is 1. The molecule has 0 unspecified atom stereocenters. The van der Waals surface area contributed by atoms with Crippen LogP contribution in [0.3, 0.4) is 0 Å². The van der Waals surface area contributed by atoms with E-state index in [4.69, 9.17) is 4.42 Å². The Labute approximate surface area is 192 Å². The standard InChI is InChI=1S/C25H25N3O4S/c1-17-6-7-21-20(14-24(29)32-22(21)13-17)16-27-8-10-28(11-9-27)33(30,31)23-5-3-4-19-12-18(2)15-26-25(19)23/h3-7,12-15H,8-11,16H2,1-2H3. The van der Waals surface area contributed by atoms with Gasteiger partial charge in [-0.15, -0.1) is 0 Å². The molecule has 7 nitrogen and oxygen atoms in total. The molecule has 0 amide bonds. The molecule has 0 atom stereocenters. The van der Waals surface area contributed by atoms with E-state index in [-0.39, 0.29) is 10.5 Å². The molecule has 0 bridgehead atoms. The Morgan fingerprint density at radius 1 is 0.970 bits per heavy atom. The van der Waals surface area contributed by atoms with Gasteiger partial charge in [0, 0.05) is 55.8 Å². The summed E-state index contributed by atoms with van der Waals surface area (Å²) in [5, 5.41) is 1.73. The van der Waals surface area contributed by atoms with Gasteiger partial charge in [0.1, 0.15) is 10.5 Å². The van der Waals surface area contributed by atoms with Gasteiger partial charge in [-0.05, 0) is 48.7 Å². The molecule has 0 radical (unpaired) electrons. The van der Waals surface area contributed by atoms with E-state index < -0.39 is 10.0 Å². The average molecular weight is 464 g/mol. The minimum absolute atomic E-state index is 0.246. The minimum atomic E-state index is -3.66. The number of hydrogen-bond donors (Lipinski definition) is 0. The SMILES string of the molecule is Cc1cnc2c(S(=O)(=O)N3CCN(Cc4cc(=O)oc5cc(C)ccc45)CC3)cccc2c1. The Balaban J connectivity index is 1.36. The lowest BCUT2D eigenvalue weighted by Gasteiger charge is -2.34. The van der Waals surface area contributed by atoms with Crippen molar-refractivity contribution >= 4 is 31.9 Å². The van der Waals surface area contributed by atoms with E-state index in [1.54, 1.807) is 18.3 Å². The van der Waals surface area contributed by atoms with Crippen molar-refractivity contribution in [3.63, 3.8) is 0 Å². The maximum absolute atomic E-state index is 13.4. The van der Waals surface area contributed by atoms with Crippen LogP contribution in [-0.2, 0) is 16.6 Å². The van der Waals surface area contributed by atoms with Gasteiger partial charge < -0.3 is 4.42 Å². The lowest BCUT2D eigenvalue weighted by molar-refractivity contribution is 0.182. The summed E-state index contributed by atoms with van der Waals surface area (Å²) < 4.78 is 33.7. The van der Waals surface area contributed by atoms with Crippen LogP contribution in [0.4, 0.5) is 0 Å². The van der Waals surface area contributed by atoms with Crippen molar-refractivity contribution in [3.05, 3.63) is 81.8 Å². The average Bonchev–Trinajstić information content (AvgIpc) is 2.78. The molecule has 2 aromatic carbocycles. The lowest BCUT2D eigenvalue weighted by Crippen LogP contribution is -2.48. The summed E-state index contributed by atoms with van der Waals surface area (Å²) in [6, 6.07) is 14.6. The third kappa shape index (κ3) is 4.17. The summed E-state index contributed by atoms with van der Waals surface area (Å²) in [6.45, 7) is 6.36. The zero-order chi connectivity index (χ0) is 23.2. The van der Waals surface area contributed by atoms with Crippen molar-refractivity contribution in [2.45, 2.75) is 25.3 Å². The van der Waals surface area contributed by atoms with Crippen LogP contribution in [0.1, 0.15) is 16.7 Å². The van der Waals surface area contributed by atoms with Gasteiger partial charge in [0.2, 0.25) is 10.0 Å². The monoisotopic (exact) mass is 463 g/mol. The number of hydrogen-bond acceptors (Lipinski definition) is 6. The largest absolute Gasteiger partial charge is 0.423 e. The van der Waals surface area contributed by atoms with Gasteiger partial charge >= 0.3 is 5.63 Å². The highest BCUT2D eigenvalue weighted by Crippen LogP contribution is 2.26. The van der Waals surface area contributed by atoms with Crippen LogP contribution in [0.15, 0.2) is 68.8 Å². The molecular weight excluding hydrogens is 438 g/mol. The predicted octanol–water partition coefficient (Wildman–Crippen LogP) is 3.46. The first-order valence-corrected chi connectivity index (χ1v) is 12.4. The molecule has 0 saturated carbocycles. The normalized spacial score (nSPS) is 15.9. The fourth-order valence-electron chi connectivity index (χ4n) is 4.43. The van der Waals surface area contributed by atoms with Crippen LogP contribution >= 0.6 is 0 Å². The summed E-state index contributed by atoms with van der Waals surface area (Å²) in [6.07, 6.45) is 1.70. The van der Waals surface area contributed by atoms with E-state index in [0.717, 1.165) is 27.5 Å². The number of sulfonamides is 1. The van der Waals surface area contributed by atoms with Crippen molar-refractivity contribution in [1.82, 2.24) is 14.2 Å². The summed E-state index contributed by atoms with van der Waals surface area (Å²) in [5.74, 6) is 0. The molecule has 3 heterocycles. The Kier molecular flexibility index (Phi) is 5.52. The minimum Gasteiger partial charge on any atom is -0.423 e. The number of benzene rings is 2. The molecule has 33 heavy (non-hydrogen) atoms. The Hall–Kier alpha value is -3.07. The number of aryl methyl sites for hydroxylation is 2. The fraction of sp³-hybridized carbons (Fsp3) is 0.280. The van der Waals surface area contributed by atoms with Crippen molar-refractivity contribution in [2.75, 3.05) is 26.2 Å². The van der Waals surface area contributed by atoms with Crippen molar-refractivity contribution in [3.8, 4) is 0 Å². The maximum atomic E-state index is 13.4. The third-order valence-electron chi connectivity index (χ3n) is 6.14. The van der Waals surface area contributed by atoms with E-state index in [2.05, 4.69) is 9.88 Å². The number of piperazine rings is 1. The molecule has 4 aromatic rings. The molecule has 0 spiro atoms. The molecule has 1 aliphatic rings. The predicted molar refractivity (Wildman–Crippen MR) is 128 cm³/mol. The molecule has 1 aliphatic heterocycles. The van der Waals surface area contributed by atoms with Crippen molar-refractivity contribution < 1.29 is 12.8 Å². The number of nitrogens with zero attached hydrogens (tertiary/aromatic N) is 3. The highest BCUT2D eigenvalue weighted by atomic mass is 32.2. The second-order valence-corrected chi connectivity index (χ2v) is 10.5. The number of fused-ring (bicyclic) bond motifs is 2. The number of aromatic nitrogens is 1. The van der Waals surface area contributed by atoms with Gasteiger partial charge in [0.25, 0.3) is 0 Å². The van der Waals surface area contributed by atoms with E-state index >= 15 is 0 Å². The first kappa shape index (κ1) is 21.8. The molecule has 1 fully saturated rings. The van der Waals surface area contributed by atoms with Gasteiger partial charge in [0.15, 0.2) is 0 Å². The van der Waals surface area contributed by atoms with E-state index in [9.17, 15) is 13.2 Å². The Morgan fingerprint density at radius 3 is 2.55 bits per heavy atom. The highest BCUT2D eigenvalue weighted by Gasteiger charge is 2.30. The molecule has 170 valence electrons. The lowest BCUT2D eigenvalue weighted by atomic mass is 10.1. The van der Waals surface area contributed by atoms with E-state index in [0.29, 0.717) is 43.8 Å². The molecule has 0 N–H and O–H groups in total. The maximum Gasteiger partial charge on any atom is 0.336 e. The summed E-state index contributed by atoms with van der Waals surface area (Å²) >= 11 is 0. The second kappa shape index (κ2) is 8.37. The number of rotatable bonds is 4. The molecule has 8 heteroatoms. The van der Waals surface area contributed by atoms with E-state index in [1.165, 1.54) is 10.4 Å². The van der Waals surface area contributed by atoms with Gasteiger partial charge in [-0.2, -0.15) is 4.31 Å². The number of para-hydroxylation sites is 1. The van der Waals surface area contributed by atoms with Crippen LogP contribution in [-0.4, -0.2) is 48.8 Å². The van der Waals surface area contributed by atoms with Crippen molar-refractivity contribution in [1.29, 1.82) is 0 Å². The highest BCUT2D eigenvalue weighted by molar-refractivity contribution is 7.89. The summed E-state index contributed by atoms with van der Waals surface area (Å²) in [5.41, 5.74) is 3.62. The van der Waals surface area contributed by atoms with Gasteiger partial charge in [-0.25, -0.2) is 13.2 Å². The van der Waals surface area contributed by atoms with Crippen LogP contribution in [0, 0.1) is 13.8 Å². The molecule has 2 aromatic heterocycles. The Morgan fingerprint density at radius 2 is 1.76 bits per heavy atom. The summed E-state index contributed by atoms with van der Waals surface area (Å²) in [7, 11) is -3.66. The van der Waals surface area contributed by atoms with Gasteiger partial charge in [0.05, 0.1) is 5.52 Å². The van der Waals surface area contributed by atoms with Crippen molar-refractivity contribution in [2.24, 2.45) is 0 Å². The second-order valence-electron chi connectivity index (χ2n) is 8.61. The first-order chi connectivity index (χ1) is 15.8. The zero-order valence-electron chi connectivity index (χ0n) is 18.6. The third-order valence-corrected chi connectivity index (χ3v) is 8.07. The molecule has 0 aliphatic carbocycles. The van der Waals surface area contributed by atoms with Crippen LogP contribution in [0.25, 0.3) is 21.9 Å². The molecule has 1 saturated heterocycles. The molecule has 5 rings (SSSR count). The van der Waals surface area contributed by atoms with Crippen LogP contribution in [0.2, 0.25) is 0 Å². The van der Waals surface area contributed by atoms with Gasteiger partial charge in [-0.3, -0.25) is 9.88 Å². The smallest absolute Gasteiger partial charge is 0.336 e. The topological polar surface area (TPSA) is 83.7 Å². The first-order valence-electron chi connectivity index (χ1n) is 10.9. The van der Waals surface area contributed by atoms with Gasteiger partial charge in [-0.1, -0.05) is 24.3 Å². The summed E-state index contributed by atoms with van der Waals surface area (Å²) in [4.78, 5) is 18.9. The zero-order valence-corrected chi connectivity index (χ0v) is 19.4. The molecular formula is C25H25N3O4S. The Bertz CT molecular complexity index is 1520. The van der Waals surface area contributed by atoms with Crippen LogP contribution in [0.5, 0.6) is 0 Å². The van der Waals surface area contributed by atoms with Crippen LogP contribution < -0.4 is 5.63 Å². The quantitative estimate of drug-likeness (QED) is 0.431. The fourth-order valence-corrected chi connectivity index (χ4v) is 6.01. The van der Waals surface area contributed by atoms with E-state index in [1.807, 2.05) is 44.2 Å².